The SMILES string of the molecule is NC(C1CCNC1)C1(C(=O)O)CC1. The number of carboxylic acids is 1. The summed E-state index contributed by atoms with van der Waals surface area (Å²) in [6.45, 7) is 1.87. The zero-order valence-corrected chi connectivity index (χ0v) is 7.62. The highest BCUT2D eigenvalue weighted by atomic mass is 16.4. The van der Waals surface area contributed by atoms with Gasteiger partial charge in [-0.15, -0.1) is 0 Å². The lowest BCUT2D eigenvalue weighted by molar-refractivity contribution is -0.144. The summed E-state index contributed by atoms with van der Waals surface area (Å²) in [5, 5.41) is 12.3. The van der Waals surface area contributed by atoms with Gasteiger partial charge in [-0.2, -0.15) is 0 Å². The van der Waals surface area contributed by atoms with Crippen LogP contribution in [0.4, 0.5) is 0 Å². The summed E-state index contributed by atoms with van der Waals surface area (Å²) in [5.41, 5.74) is 5.43. The lowest BCUT2D eigenvalue weighted by atomic mass is 9.86. The second-order valence-corrected chi connectivity index (χ2v) is 4.24. The molecule has 2 atom stereocenters. The van der Waals surface area contributed by atoms with E-state index in [0.717, 1.165) is 32.4 Å². The predicted molar refractivity (Wildman–Crippen MR) is 48.3 cm³/mol. The Hall–Kier alpha value is -0.610. The number of nitrogens with one attached hydrogen (secondary N) is 1. The van der Waals surface area contributed by atoms with E-state index in [1.807, 2.05) is 0 Å². The molecule has 1 aliphatic carbocycles. The average Bonchev–Trinajstić information content (AvgIpc) is 2.74. The molecule has 4 N–H and O–H groups in total. The molecule has 2 unspecified atom stereocenters. The standard InChI is InChI=1S/C9H16N2O2/c10-7(6-1-4-11-5-6)9(2-3-9)8(12)13/h6-7,11H,1-5,10H2,(H,12,13). The zero-order chi connectivity index (χ0) is 9.47. The summed E-state index contributed by atoms with van der Waals surface area (Å²) in [5.74, 6) is -0.342. The first-order valence-corrected chi connectivity index (χ1v) is 4.86. The number of rotatable bonds is 3. The molecule has 0 aromatic carbocycles. The van der Waals surface area contributed by atoms with Crippen molar-refractivity contribution in [3.8, 4) is 0 Å². The molecular weight excluding hydrogens is 168 g/mol. The average molecular weight is 184 g/mol. The van der Waals surface area contributed by atoms with Crippen LogP contribution in [0.1, 0.15) is 19.3 Å². The van der Waals surface area contributed by atoms with Crippen LogP contribution in [0.2, 0.25) is 0 Å². The highest BCUT2D eigenvalue weighted by Gasteiger charge is 2.56. The van der Waals surface area contributed by atoms with Crippen molar-refractivity contribution < 1.29 is 9.90 Å². The van der Waals surface area contributed by atoms with E-state index in [2.05, 4.69) is 5.32 Å². The number of carbonyl (C=O) groups is 1. The van der Waals surface area contributed by atoms with Crippen molar-refractivity contribution in [1.82, 2.24) is 5.32 Å². The van der Waals surface area contributed by atoms with E-state index in [0.29, 0.717) is 5.92 Å². The Kier molecular flexibility index (Phi) is 2.04. The van der Waals surface area contributed by atoms with E-state index < -0.39 is 11.4 Å². The van der Waals surface area contributed by atoms with Crippen molar-refractivity contribution in [2.24, 2.45) is 17.1 Å². The highest BCUT2D eigenvalue weighted by Crippen LogP contribution is 2.50. The van der Waals surface area contributed by atoms with Gasteiger partial charge in [0, 0.05) is 6.04 Å². The Balaban J connectivity index is 2.03. The number of carboxylic acid groups (broad SMARTS) is 1. The van der Waals surface area contributed by atoms with E-state index in [1.54, 1.807) is 0 Å². The molecule has 13 heavy (non-hydrogen) atoms. The van der Waals surface area contributed by atoms with Crippen LogP contribution in [0.3, 0.4) is 0 Å². The molecule has 1 saturated heterocycles. The van der Waals surface area contributed by atoms with Gasteiger partial charge < -0.3 is 16.2 Å². The number of nitrogens with two attached hydrogens (primary N) is 1. The van der Waals surface area contributed by atoms with Gasteiger partial charge in [-0.25, -0.2) is 0 Å². The van der Waals surface area contributed by atoms with Gasteiger partial charge >= 0.3 is 5.97 Å². The molecule has 2 rings (SSSR count). The fourth-order valence-corrected chi connectivity index (χ4v) is 2.26. The van der Waals surface area contributed by atoms with Gasteiger partial charge in [-0.1, -0.05) is 0 Å². The normalized spacial score (nSPS) is 32.8. The highest BCUT2D eigenvalue weighted by molar-refractivity contribution is 5.78. The molecule has 1 heterocycles. The molecule has 0 bridgehead atoms. The van der Waals surface area contributed by atoms with E-state index in [-0.39, 0.29) is 6.04 Å². The molecule has 0 amide bonds. The molecule has 2 aliphatic rings. The second-order valence-electron chi connectivity index (χ2n) is 4.24. The lowest BCUT2D eigenvalue weighted by Crippen LogP contribution is -2.44. The van der Waals surface area contributed by atoms with Crippen LogP contribution in [0.25, 0.3) is 0 Å². The Morgan fingerprint density at radius 1 is 1.62 bits per heavy atom. The van der Waals surface area contributed by atoms with Crippen LogP contribution in [-0.4, -0.2) is 30.2 Å². The summed E-state index contributed by atoms with van der Waals surface area (Å²) in [4.78, 5) is 11.0. The first kappa shape index (κ1) is 8.97. The first-order valence-electron chi connectivity index (χ1n) is 4.86. The van der Waals surface area contributed by atoms with Gasteiger partial charge in [0.05, 0.1) is 5.41 Å². The molecular formula is C9H16N2O2. The van der Waals surface area contributed by atoms with Gasteiger partial charge in [0.2, 0.25) is 0 Å². The van der Waals surface area contributed by atoms with Crippen molar-refractivity contribution in [1.29, 1.82) is 0 Å². The summed E-state index contributed by atoms with van der Waals surface area (Å²) in [7, 11) is 0. The summed E-state index contributed by atoms with van der Waals surface area (Å²) in [6.07, 6.45) is 2.55. The van der Waals surface area contributed by atoms with Gasteiger partial charge in [0.25, 0.3) is 0 Å². The van der Waals surface area contributed by atoms with Crippen molar-refractivity contribution in [2.75, 3.05) is 13.1 Å². The van der Waals surface area contributed by atoms with Crippen molar-refractivity contribution in [2.45, 2.75) is 25.3 Å². The molecule has 74 valence electrons. The van der Waals surface area contributed by atoms with Gasteiger partial charge in [-0.05, 0) is 38.3 Å². The Labute approximate surface area is 77.5 Å². The van der Waals surface area contributed by atoms with Crippen LogP contribution in [0.5, 0.6) is 0 Å². The van der Waals surface area contributed by atoms with E-state index in [9.17, 15) is 4.79 Å². The Bertz CT molecular complexity index is 220. The molecule has 0 aromatic rings. The Morgan fingerprint density at radius 3 is 2.69 bits per heavy atom. The zero-order valence-electron chi connectivity index (χ0n) is 7.62. The van der Waals surface area contributed by atoms with Gasteiger partial charge in [0.1, 0.15) is 0 Å². The van der Waals surface area contributed by atoms with E-state index in [1.165, 1.54) is 0 Å². The third kappa shape index (κ3) is 1.34. The van der Waals surface area contributed by atoms with Crippen LogP contribution in [-0.2, 0) is 4.79 Å². The molecule has 4 nitrogen and oxygen atoms in total. The fraction of sp³-hybridized carbons (Fsp3) is 0.889. The van der Waals surface area contributed by atoms with Crippen LogP contribution >= 0.6 is 0 Å². The minimum absolute atomic E-state index is 0.153. The van der Waals surface area contributed by atoms with Crippen LogP contribution in [0, 0.1) is 11.3 Å². The van der Waals surface area contributed by atoms with Crippen molar-refractivity contribution in [3.63, 3.8) is 0 Å². The smallest absolute Gasteiger partial charge is 0.311 e. The minimum Gasteiger partial charge on any atom is -0.481 e. The maximum absolute atomic E-state index is 11.0. The predicted octanol–water partition coefficient (Wildman–Crippen LogP) is -0.212. The quantitative estimate of drug-likeness (QED) is 0.567. The fourth-order valence-electron chi connectivity index (χ4n) is 2.26. The maximum Gasteiger partial charge on any atom is 0.311 e. The third-order valence-corrected chi connectivity index (χ3v) is 3.46. The minimum atomic E-state index is -0.702. The van der Waals surface area contributed by atoms with Crippen molar-refractivity contribution in [3.05, 3.63) is 0 Å². The molecule has 0 aromatic heterocycles. The topological polar surface area (TPSA) is 75.3 Å². The van der Waals surface area contributed by atoms with Gasteiger partial charge in [-0.3, -0.25) is 4.79 Å². The maximum atomic E-state index is 11.0. The number of hydrogen-bond donors (Lipinski definition) is 3. The lowest BCUT2D eigenvalue weighted by Gasteiger charge is -2.24. The molecule has 0 radical (unpaired) electrons. The summed E-state index contributed by atoms with van der Waals surface area (Å²) >= 11 is 0. The summed E-state index contributed by atoms with van der Waals surface area (Å²) < 4.78 is 0. The number of aliphatic carboxylic acids is 1. The summed E-state index contributed by atoms with van der Waals surface area (Å²) in [6, 6.07) is -0.153. The first-order chi connectivity index (χ1) is 6.17. The molecule has 1 aliphatic heterocycles. The van der Waals surface area contributed by atoms with Crippen molar-refractivity contribution >= 4 is 5.97 Å². The largest absolute Gasteiger partial charge is 0.481 e. The number of hydrogen-bond acceptors (Lipinski definition) is 3. The third-order valence-electron chi connectivity index (χ3n) is 3.46. The van der Waals surface area contributed by atoms with Crippen LogP contribution < -0.4 is 11.1 Å². The molecule has 4 heteroatoms. The van der Waals surface area contributed by atoms with Gasteiger partial charge in [0.15, 0.2) is 0 Å². The molecule has 2 fully saturated rings. The van der Waals surface area contributed by atoms with E-state index >= 15 is 0 Å². The second kappa shape index (κ2) is 2.96. The molecule has 0 spiro atoms. The van der Waals surface area contributed by atoms with Crippen LogP contribution in [0.15, 0.2) is 0 Å². The molecule has 1 saturated carbocycles. The van der Waals surface area contributed by atoms with E-state index in [4.69, 9.17) is 10.8 Å². The monoisotopic (exact) mass is 184 g/mol. The Morgan fingerprint density at radius 2 is 2.31 bits per heavy atom.